The van der Waals surface area contributed by atoms with Crippen LogP contribution >= 0.6 is 0 Å². The number of nitrogens with zero attached hydrogens (tertiary/aromatic N) is 1. The van der Waals surface area contributed by atoms with E-state index in [1.165, 1.54) is 18.4 Å². The molecule has 0 spiro atoms. The second-order valence-electron chi connectivity index (χ2n) is 5.87. The van der Waals surface area contributed by atoms with Gasteiger partial charge in [0, 0.05) is 25.0 Å². The lowest BCUT2D eigenvalue weighted by atomic mass is 9.99. The van der Waals surface area contributed by atoms with Crippen LogP contribution in [0, 0.1) is 11.8 Å². The highest BCUT2D eigenvalue weighted by Crippen LogP contribution is 2.27. The van der Waals surface area contributed by atoms with Crippen molar-refractivity contribution in [2.75, 3.05) is 13.6 Å². The highest BCUT2D eigenvalue weighted by molar-refractivity contribution is 5.75. The first-order valence-electron chi connectivity index (χ1n) is 7.19. The quantitative estimate of drug-likeness (QED) is 0.789. The highest BCUT2D eigenvalue weighted by Gasteiger charge is 2.21. The molecule has 0 saturated heterocycles. The lowest BCUT2D eigenvalue weighted by Gasteiger charge is -2.18. The third kappa shape index (κ3) is 4.10. The third-order valence-electron chi connectivity index (χ3n) is 3.72. The average molecular weight is 263 g/mol. The first-order valence-corrected chi connectivity index (χ1v) is 7.19. The van der Waals surface area contributed by atoms with Crippen LogP contribution in [0.5, 0.6) is 0 Å². The molecular weight excluding hydrogens is 238 g/mol. The minimum absolute atomic E-state index is 0.111. The zero-order valence-corrected chi connectivity index (χ0v) is 12.1. The monoisotopic (exact) mass is 263 g/mol. The van der Waals surface area contributed by atoms with Crippen LogP contribution in [0.3, 0.4) is 0 Å². The van der Waals surface area contributed by atoms with Gasteiger partial charge in [0.15, 0.2) is 0 Å². The Kier molecular flexibility index (Phi) is 4.64. The summed E-state index contributed by atoms with van der Waals surface area (Å²) in [6, 6.07) is 2.44. The molecule has 0 radical (unpaired) electrons. The molecule has 1 atom stereocenters. The van der Waals surface area contributed by atoms with Crippen LogP contribution in [-0.4, -0.2) is 24.1 Å². The van der Waals surface area contributed by atoms with E-state index < -0.39 is 0 Å². The molecule has 1 unspecified atom stereocenters. The molecule has 4 heteroatoms. The Morgan fingerprint density at radius 3 is 2.79 bits per heavy atom. The maximum atomic E-state index is 11.8. The van der Waals surface area contributed by atoms with E-state index in [1.807, 2.05) is 17.8 Å². The summed E-state index contributed by atoms with van der Waals surface area (Å²) in [6.45, 7) is 5.65. The maximum Gasteiger partial charge on any atom is 0.239 e. The fraction of sp³-hybridized carbons (Fsp3) is 0.667. The topological polar surface area (TPSA) is 46.1 Å². The van der Waals surface area contributed by atoms with Crippen LogP contribution in [0.1, 0.15) is 38.3 Å². The number of rotatable bonds is 7. The molecule has 4 nitrogen and oxygen atoms in total. The van der Waals surface area contributed by atoms with E-state index in [0.717, 1.165) is 12.5 Å². The van der Waals surface area contributed by atoms with Crippen LogP contribution in [0.15, 0.2) is 18.5 Å². The highest BCUT2D eigenvalue weighted by atomic mass is 16.1. The van der Waals surface area contributed by atoms with Crippen LogP contribution in [-0.2, 0) is 11.3 Å². The molecule has 1 aliphatic rings. The van der Waals surface area contributed by atoms with Gasteiger partial charge in [-0.3, -0.25) is 4.79 Å². The molecule has 1 fully saturated rings. The number of carbonyl (C=O) groups excluding carboxylic acids is 1. The molecule has 2 N–H and O–H groups in total. The summed E-state index contributed by atoms with van der Waals surface area (Å²) in [6.07, 6.45) is 6.59. The predicted octanol–water partition coefficient (Wildman–Crippen LogP) is 1.93. The molecule has 1 aliphatic carbocycles. The second kappa shape index (κ2) is 6.24. The van der Waals surface area contributed by atoms with Crippen molar-refractivity contribution in [3.63, 3.8) is 0 Å². The maximum absolute atomic E-state index is 11.8. The van der Waals surface area contributed by atoms with Crippen LogP contribution < -0.4 is 10.6 Å². The zero-order chi connectivity index (χ0) is 13.8. The van der Waals surface area contributed by atoms with Gasteiger partial charge >= 0.3 is 0 Å². The Balaban J connectivity index is 1.86. The number of amides is 1. The molecule has 0 aliphatic heterocycles. The van der Waals surface area contributed by atoms with E-state index in [1.54, 1.807) is 0 Å². The zero-order valence-electron chi connectivity index (χ0n) is 12.1. The standard InChI is InChI=1S/C15H25N3O/c1-11(2)15(16-3)13-6-7-18(9-13)10-14(19)17-8-12-4-5-12/h6-7,9,11-12,15-16H,4-5,8,10H2,1-3H3,(H,17,19). The van der Waals surface area contributed by atoms with Crippen molar-refractivity contribution in [3.8, 4) is 0 Å². The SMILES string of the molecule is CNC(c1ccn(CC(=O)NCC2CC2)c1)C(C)C. The van der Waals surface area contributed by atoms with Gasteiger partial charge in [0.2, 0.25) is 5.91 Å². The Morgan fingerprint density at radius 2 is 2.21 bits per heavy atom. The molecule has 1 amide bonds. The molecule has 19 heavy (non-hydrogen) atoms. The smallest absolute Gasteiger partial charge is 0.239 e. The van der Waals surface area contributed by atoms with Crippen molar-refractivity contribution in [3.05, 3.63) is 24.0 Å². The van der Waals surface area contributed by atoms with Gasteiger partial charge in [-0.1, -0.05) is 13.8 Å². The molecule has 2 rings (SSSR count). The fourth-order valence-corrected chi connectivity index (χ4v) is 2.43. The second-order valence-corrected chi connectivity index (χ2v) is 5.87. The Morgan fingerprint density at radius 1 is 1.47 bits per heavy atom. The molecule has 106 valence electrons. The number of aromatic nitrogens is 1. The molecular formula is C15H25N3O. The number of nitrogens with one attached hydrogen (secondary N) is 2. The Hall–Kier alpha value is -1.29. The van der Waals surface area contributed by atoms with Gasteiger partial charge in [0.05, 0.1) is 0 Å². The van der Waals surface area contributed by atoms with Crippen molar-refractivity contribution in [2.45, 2.75) is 39.3 Å². The van der Waals surface area contributed by atoms with Crippen LogP contribution in [0.4, 0.5) is 0 Å². The summed E-state index contributed by atoms with van der Waals surface area (Å²) >= 11 is 0. The number of carbonyl (C=O) groups is 1. The van der Waals surface area contributed by atoms with Crippen molar-refractivity contribution >= 4 is 5.91 Å². The van der Waals surface area contributed by atoms with Crippen LogP contribution in [0.25, 0.3) is 0 Å². The van der Waals surface area contributed by atoms with Gasteiger partial charge in [-0.25, -0.2) is 0 Å². The molecule has 0 bridgehead atoms. The molecule has 1 heterocycles. The first kappa shape index (κ1) is 14.1. The van der Waals surface area contributed by atoms with Crippen molar-refractivity contribution in [1.29, 1.82) is 0 Å². The van der Waals surface area contributed by atoms with Gasteiger partial charge < -0.3 is 15.2 Å². The van der Waals surface area contributed by atoms with Gasteiger partial charge in [-0.2, -0.15) is 0 Å². The van der Waals surface area contributed by atoms with Crippen molar-refractivity contribution < 1.29 is 4.79 Å². The van der Waals surface area contributed by atoms with Crippen molar-refractivity contribution in [2.24, 2.45) is 11.8 Å². The average Bonchev–Trinajstić information content (AvgIpc) is 3.08. The summed E-state index contributed by atoms with van der Waals surface area (Å²) in [5, 5.41) is 6.31. The Bertz CT molecular complexity index is 421. The molecule has 1 aromatic rings. The van der Waals surface area contributed by atoms with Gasteiger partial charge in [0.25, 0.3) is 0 Å². The van der Waals surface area contributed by atoms with E-state index in [2.05, 4.69) is 36.7 Å². The number of hydrogen-bond acceptors (Lipinski definition) is 2. The molecule has 1 aromatic heterocycles. The van der Waals surface area contributed by atoms with E-state index in [0.29, 0.717) is 18.5 Å². The minimum atomic E-state index is 0.111. The van der Waals surface area contributed by atoms with Crippen LogP contribution in [0.2, 0.25) is 0 Å². The number of hydrogen-bond donors (Lipinski definition) is 2. The van der Waals surface area contributed by atoms with Gasteiger partial charge in [-0.05, 0) is 43.4 Å². The lowest BCUT2D eigenvalue weighted by molar-refractivity contribution is -0.121. The van der Waals surface area contributed by atoms with Gasteiger partial charge in [0.1, 0.15) is 6.54 Å². The first-order chi connectivity index (χ1) is 9.10. The third-order valence-corrected chi connectivity index (χ3v) is 3.72. The molecule has 1 saturated carbocycles. The summed E-state index contributed by atoms with van der Waals surface area (Å²) in [5.41, 5.74) is 1.24. The van der Waals surface area contributed by atoms with Crippen molar-refractivity contribution in [1.82, 2.24) is 15.2 Å². The summed E-state index contributed by atoms with van der Waals surface area (Å²) in [7, 11) is 1.98. The van der Waals surface area contributed by atoms with Gasteiger partial charge in [-0.15, -0.1) is 0 Å². The van der Waals surface area contributed by atoms with E-state index in [9.17, 15) is 4.79 Å². The van der Waals surface area contributed by atoms with E-state index in [4.69, 9.17) is 0 Å². The largest absolute Gasteiger partial charge is 0.354 e. The molecule has 0 aromatic carbocycles. The van der Waals surface area contributed by atoms with E-state index >= 15 is 0 Å². The minimum Gasteiger partial charge on any atom is -0.354 e. The Labute approximate surface area is 115 Å². The summed E-state index contributed by atoms with van der Waals surface area (Å²) in [4.78, 5) is 11.8. The summed E-state index contributed by atoms with van der Waals surface area (Å²) in [5.74, 6) is 1.38. The predicted molar refractivity (Wildman–Crippen MR) is 76.8 cm³/mol. The lowest BCUT2D eigenvalue weighted by Crippen LogP contribution is -2.29. The fourth-order valence-electron chi connectivity index (χ4n) is 2.43. The summed E-state index contributed by atoms with van der Waals surface area (Å²) < 4.78 is 1.96. The van der Waals surface area contributed by atoms with E-state index in [-0.39, 0.29) is 5.91 Å². The normalized spacial score (nSPS) is 16.6.